The summed E-state index contributed by atoms with van der Waals surface area (Å²) in [4.78, 5) is 17.7. The molecule has 0 radical (unpaired) electrons. The van der Waals surface area contributed by atoms with Crippen LogP contribution in [-0.2, 0) is 11.3 Å². The molecular formula is C16H17N3O. The maximum absolute atomic E-state index is 11.8. The Hall–Kier alpha value is -2.36. The largest absolute Gasteiger partial charge is 0.381 e. The van der Waals surface area contributed by atoms with E-state index in [-0.39, 0.29) is 5.91 Å². The zero-order valence-electron chi connectivity index (χ0n) is 11.2. The van der Waals surface area contributed by atoms with Crippen molar-refractivity contribution in [1.29, 1.82) is 0 Å². The molecule has 1 N–H and O–H groups in total. The normalized spacial score (nSPS) is 14.6. The molecule has 1 fully saturated rings. The molecule has 1 aromatic heterocycles. The summed E-state index contributed by atoms with van der Waals surface area (Å²) in [5.74, 6) is 0.217. The second-order valence-electron chi connectivity index (χ2n) is 4.91. The van der Waals surface area contributed by atoms with Crippen LogP contribution in [0.1, 0.15) is 18.4 Å². The molecule has 0 bridgehead atoms. The molecule has 1 saturated heterocycles. The van der Waals surface area contributed by atoms with Crippen LogP contribution in [0.3, 0.4) is 0 Å². The van der Waals surface area contributed by atoms with E-state index >= 15 is 0 Å². The first kappa shape index (κ1) is 12.7. The molecular weight excluding hydrogens is 250 g/mol. The number of rotatable bonds is 4. The van der Waals surface area contributed by atoms with Gasteiger partial charge in [-0.1, -0.05) is 12.1 Å². The van der Waals surface area contributed by atoms with Gasteiger partial charge in [-0.25, -0.2) is 0 Å². The highest BCUT2D eigenvalue weighted by Crippen LogP contribution is 2.24. The van der Waals surface area contributed by atoms with Gasteiger partial charge in [-0.15, -0.1) is 0 Å². The van der Waals surface area contributed by atoms with E-state index in [9.17, 15) is 4.79 Å². The zero-order valence-corrected chi connectivity index (χ0v) is 11.2. The molecule has 102 valence electrons. The van der Waals surface area contributed by atoms with E-state index in [2.05, 4.69) is 10.3 Å². The maximum Gasteiger partial charge on any atom is 0.227 e. The Morgan fingerprint density at radius 3 is 2.95 bits per heavy atom. The number of aromatic nitrogens is 1. The quantitative estimate of drug-likeness (QED) is 0.926. The predicted molar refractivity (Wildman–Crippen MR) is 79.6 cm³/mol. The lowest BCUT2D eigenvalue weighted by Gasteiger charge is -2.17. The standard InChI is InChI=1S/C16H17N3O/c20-16-7-3-9-19(16)15-6-1-5-14(10-15)18-12-13-4-2-8-17-11-13/h1-2,4-6,8,10-11,18H,3,7,9,12H2. The summed E-state index contributed by atoms with van der Waals surface area (Å²) in [6.45, 7) is 1.55. The lowest BCUT2D eigenvalue weighted by atomic mass is 10.2. The van der Waals surface area contributed by atoms with E-state index in [0.717, 1.165) is 36.4 Å². The average Bonchev–Trinajstić information content (AvgIpc) is 2.93. The summed E-state index contributed by atoms with van der Waals surface area (Å²) in [5.41, 5.74) is 3.13. The van der Waals surface area contributed by atoms with Crippen LogP contribution in [-0.4, -0.2) is 17.4 Å². The second kappa shape index (κ2) is 5.74. The van der Waals surface area contributed by atoms with Gasteiger partial charge in [0.1, 0.15) is 0 Å². The Balaban J connectivity index is 1.70. The number of amides is 1. The maximum atomic E-state index is 11.8. The number of pyridine rings is 1. The first-order chi connectivity index (χ1) is 9.83. The number of hydrogen-bond acceptors (Lipinski definition) is 3. The van der Waals surface area contributed by atoms with Crippen LogP contribution in [0.5, 0.6) is 0 Å². The molecule has 1 aromatic carbocycles. The third-order valence-electron chi connectivity index (χ3n) is 3.45. The summed E-state index contributed by atoms with van der Waals surface area (Å²) in [6, 6.07) is 12.0. The molecule has 2 aromatic rings. The molecule has 0 unspecified atom stereocenters. The van der Waals surface area contributed by atoms with Gasteiger partial charge >= 0.3 is 0 Å². The number of hydrogen-bond donors (Lipinski definition) is 1. The Morgan fingerprint density at radius 1 is 1.25 bits per heavy atom. The van der Waals surface area contributed by atoms with Gasteiger partial charge in [0.05, 0.1) is 0 Å². The summed E-state index contributed by atoms with van der Waals surface area (Å²) in [5, 5.41) is 3.36. The van der Waals surface area contributed by atoms with E-state index in [4.69, 9.17) is 0 Å². The highest BCUT2D eigenvalue weighted by molar-refractivity contribution is 5.95. The Kier molecular flexibility index (Phi) is 3.63. The first-order valence-corrected chi connectivity index (χ1v) is 6.86. The van der Waals surface area contributed by atoms with Crippen LogP contribution < -0.4 is 10.2 Å². The number of carbonyl (C=O) groups excluding carboxylic acids is 1. The van der Waals surface area contributed by atoms with Crippen molar-refractivity contribution >= 4 is 17.3 Å². The van der Waals surface area contributed by atoms with E-state index in [1.54, 1.807) is 6.20 Å². The SMILES string of the molecule is O=C1CCCN1c1cccc(NCc2cccnc2)c1. The molecule has 4 heteroatoms. The Bertz CT molecular complexity index is 598. The van der Waals surface area contributed by atoms with Crippen molar-refractivity contribution in [2.24, 2.45) is 0 Å². The molecule has 1 aliphatic rings. The molecule has 1 aliphatic heterocycles. The zero-order chi connectivity index (χ0) is 13.8. The fourth-order valence-corrected chi connectivity index (χ4v) is 2.41. The van der Waals surface area contributed by atoms with Gasteiger partial charge in [0.25, 0.3) is 0 Å². The lowest BCUT2D eigenvalue weighted by Crippen LogP contribution is -2.23. The molecule has 1 amide bonds. The summed E-state index contributed by atoms with van der Waals surface area (Å²) < 4.78 is 0. The minimum Gasteiger partial charge on any atom is -0.381 e. The topological polar surface area (TPSA) is 45.2 Å². The molecule has 0 atom stereocenters. The number of nitrogens with zero attached hydrogens (tertiary/aromatic N) is 2. The van der Waals surface area contributed by atoms with E-state index in [0.29, 0.717) is 6.42 Å². The molecule has 0 aliphatic carbocycles. The van der Waals surface area contributed by atoms with Crippen LogP contribution in [0.2, 0.25) is 0 Å². The summed E-state index contributed by atoms with van der Waals surface area (Å²) in [7, 11) is 0. The molecule has 0 spiro atoms. The fraction of sp³-hybridized carbons (Fsp3) is 0.250. The highest BCUT2D eigenvalue weighted by Gasteiger charge is 2.21. The van der Waals surface area contributed by atoms with E-state index < -0.39 is 0 Å². The van der Waals surface area contributed by atoms with Gasteiger partial charge in [-0.2, -0.15) is 0 Å². The molecule has 0 saturated carbocycles. The Labute approximate surface area is 118 Å². The van der Waals surface area contributed by atoms with Crippen LogP contribution >= 0.6 is 0 Å². The van der Waals surface area contributed by atoms with Gasteiger partial charge in [0, 0.05) is 43.3 Å². The number of nitrogens with one attached hydrogen (secondary N) is 1. The van der Waals surface area contributed by atoms with Gasteiger partial charge in [-0.3, -0.25) is 9.78 Å². The van der Waals surface area contributed by atoms with Crippen molar-refractivity contribution in [3.63, 3.8) is 0 Å². The van der Waals surface area contributed by atoms with Crippen molar-refractivity contribution in [1.82, 2.24) is 4.98 Å². The van der Waals surface area contributed by atoms with Gasteiger partial charge in [0.2, 0.25) is 5.91 Å². The van der Waals surface area contributed by atoms with Crippen molar-refractivity contribution in [2.45, 2.75) is 19.4 Å². The van der Waals surface area contributed by atoms with E-state index in [1.165, 1.54) is 0 Å². The van der Waals surface area contributed by atoms with Crippen LogP contribution in [0, 0.1) is 0 Å². The Morgan fingerprint density at radius 2 is 2.20 bits per heavy atom. The van der Waals surface area contributed by atoms with Crippen molar-refractivity contribution < 1.29 is 4.79 Å². The van der Waals surface area contributed by atoms with Crippen LogP contribution in [0.4, 0.5) is 11.4 Å². The molecule has 2 heterocycles. The highest BCUT2D eigenvalue weighted by atomic mass is 16.2. The van der Waals surface area contributed by atoms with Gasteiger partial charge < -0.3 is 10.2 Å². The second-order valence-corrected chi connectivity index (χ2v) is 4.91. The molecule has 20 heavy (non-hydrogen) atoms. The monoisotopic (exact) mass is 267 g/mol. The lowest BCUT2D eigenvalue weighted by molar-refractivity contribution is -0.117. The fourth-order valence-electron chi connectivity index (χ4n) is 2.41. The van der Waals surface area contributed by atoms with Crippen molar-refractivity contribution in [2.75, 3.05) is 16.8 Å². The van der Waals surface area contributed by atoms with E-state index in [1.807, 2.05) is 47.5 Å². The number of benzene rings is 1. The summed E-state index contributed by atoms with van der Waals surface area (Å²) >= 11 is 0. The van der Waals surface area contributed by atoms with Gasteiger partial charge in [0.15, 0.2) is 0 Å². The smallest absolute Gasteiger partial charge is 0.227 e. The average molecular weight is 267 g/mol. The van der Waals surface area contributed by atoms with Crippen molar-refractivity contribution in [3.8, 4) is 0 Å². The van der Waals surface area contributed by atoms with Crippen LogP contribution in [0.25, 0.3) is 0 Å². The minimum atomic E-state index is 0.217. The van der Waals surface area contributed by atoms with Gasteiger partial charge in [-0.05, 0) is 36.2 Å². The minimum absolute atomic E-state index is 0.217. The first-order valence-electron chi connectivity index (χ1n) is 6.86. The predicted octanol–water partition coefficient (Wildman–Crippen LogP) is 2.82. The van der Waals surface area contributed by atoms with Crippen LogP contribution in [0.15, 0.2) is 48.8 Å². The molecule has 4 nitrogen and oxygen atoms in total. The third-order valence-corrected chi connectivity index (χ3v) is 3.45. The third kappa shape index (κ3) is 2.79. The number of carbonyl (C=O) groups is 1. The number of anilines is 2. The summed E-state index contributed by atoms with van der Waals surface area (Å²) in [6.07, 6.45) is 5.23. The molecule has 3 rings (SSSR count). The van der Waals surface area contributed by atoms with Crippen molar-refractivity contribution in [3.05, 3.63) is 54.4 Å².